The van der Waals surface area contributed by atoms with Gasteiger partial charge in [-0.1, -0.05) is 12.1 Å². The summed E-state index contributed by atoms with van der Waals surface area (Å²) in [5, 5.41) is 11.2. The van der Waals surface area contributed by atoms with Crippen LogP contribution in [0.25, 0.3) is 0 Å². The average molecular weight is 300 g/mol. The lowest BCUT2D eigenvalue weighted by molar-refractivity contribution is -0.136. The molecule has 1 aromatic heterocycles. The summed E-state index contributed by atoms with van der Waals surface area (Å²) in [7, 11) is 1.53. The highest BCUT2D eigenvalue weighted by Crippen LogP contribution is 2.23. The highest BCUT2D eigenvalue weighted by Gasteiger charge is 2.07. The molecule has 0 radical (unpaired) electrons. The summed E-state index contributed by atoms with van der Waals surface area (Å²) in [6, 6.07) is 10.4. The third kappa shape index (κ3) is 4.31. The Hall–Kier alpha value is -2.89. The molecule has 1 amide bonds. The number of ether oxygens (including phenoxy) is 1. The molecule has 1 aromatic carbocycles. The number of aromatic nitrogens is 1. The molecule has 0 fully saturated rings. The summed E-state index contributed by atoms with van der Waals surface area (Å²) in [4.78, 5) is 26.1. The number of amides is 1. The first-order valence-corrected chi connectivity index (χ1v) is 6.75. The third-order valence-electron chi connectivity index (χ3n) is 2.95. The van der Waals surface area contributed by atoms with Gasteiger partial charge in [-0.2, -0.15) is 0 Å². The number of carbonyl (C=O) groups excluding carboxylic acids is 1. The van der Waals surface area contributed by atoms with Crippen molar-refractivity contribution >= 4 is 11.9 Å². The van der Waals surface area contributed by atoms with E-state index >= 15 is 0 Å². The molecule has 22 heavy (non-hydrogen) atoms. The van der Waals surface area contributed by atoms with E-state index in [0.717, 1.165) is 5.56 Å². The minimum atomic E-state index is -0.837. The van der Waals surface area contributed by atoms with Gasteiger partial charge in [-0.05, 0) is 30.2 Å². The van der Waals surface area contributed by atoms with Crippen LogP contribution in [-0.2, 0) is 11.2 Å². The molecule has 2 N–H and O–H groups in total. The first-order valence-electron chi connectivity index (χ1n) is 6.75. The number of carboxylic acid groups (broad SMARTS) is 1. The van der Waals surface area contributed by atoms with Crippen molar-refractivity contribution in [3.8, 4) is 11.5 Å². The number of rotatable bonds is 6. The number of carboxylic acids is 1. The lowest BCUT2D eigenvalue weighted by atomic mass is 10.1. The van der Waals surface area contributed by atoms with Crippen molar-refractivity contribution in [2.75, 3.05) is 7.05 Å². The average Bonchev–Trinajstić information content (AvgIpc) is 2.53. The van der Waals surface area contributed by atoms with Gasteiger partial charge in [0.25, 0.3) is 5.91 Å². The van der Waals surface area contributed by atoms with Gasteiger partial charge in [0.15, 0.2) is 0 Å². The van der Waals surface area contributed by atoms with Crippen molar-refractivity contribution in [2.24, 2.45) is 0 Å². The highest BCUT2D eigenvalue weighted by molar-refractivity contribution is 5.92. The van der Waals surface area contributed by atoms with E-state index in [1.54, 1.807) is 30.3 Å². The molecule has 2 rings (SSSR count). The Kier molecular flexibility index (Phi) is 5.08. The molecule has 0 aliphatic heterocycles. The van der Waals surface area contributed by atoms with Crippen LogP contribution in [0.4, 0.5) is 0 Å². The van der Waals surface area contributed by atoms with Crippen molar-refractivity contribution < 1.29 is 19.4 Å². The number of hydrogen-bond donors (Lipinski definition) is 2. The predicted octanol–water partition coefficient (Wildman–Crippen LogP) is 2.25. The maximum absolute atomic E-state index is 11.5. The molecule has 0 saturated heterocycles. The molecule has 114 valence electrons. The second-order valence-electron chi connectivity index (χ2n) is 4.60. The van der Waals surface area contributed by atoms with Crippen molar-refractivity contribution in [2.45, 2.75) is 12.8 Å². The minimum absolute atomic E-state index is 0.0690. The number of benzene rings is 1. The van der Waals surface area contributed by atoms with Crippen LogP contribution in [0, 0.1) is 0 Å². The number of carbonyl (C=O) groups is 2. The van der Waals surface area contributed by atoms with E-state index in [-0.39, 0.29) is 18.0 Å². The lowest BCUT2D eigenvalue weighted by Crippen LogP contribution is -2.18. The van der Waals surface area contributed by atoms with Gasteiger partial charge >= 0.3 is 5.97 Å². The topological polar surface area (TPSA) is 88.5 Å². The van der Waals surface area contributed by atoms with E-state index in [4.69, 9.17) is 9.84 Å². The first kappa shape index (κ1) is 15.5. The van der Waals surface area contributed by atoms with Crippen LogP contribution in [0.2, 0.25) is 0 Å². The fourth-order valence-electron chi connectivity index (χ4n) is 1.88. The Labute approximate surface area is 127 Å². The van der Waals surface area contributed by atoms with Gasteiger partial charge in [0.2, 0.25) is 0 Å². The Morgan fingerprint density at radius 3 is 2.73 bits per heavy atom. The number of hydrogen-bond acceptors (Lipinski definition) is 4. The molecule has 0 bridgehead atoms. The van der Waals surface area contributed by atoms with Crippen LogP contribution in [0.15, 0.2) is 42.6 Å². The van der Waals surface area contributed by atoms with Gasteiger partial charge in [-0.3, -0.25) is 14.6 Å². The summed E-state index contributed by atoms with van der Waals surface area (Å²) >= 11 is 0. The summed E-state index contributed by atoms with van der Waals surface area (Å²) in [5.41, 5.74) is 1.14. The summed E-state index contributed by atoms with van der Waals surface area (Å²) in [5.74, 6) is -0.0581. The number of aryl methyl sites for hydroxylation is 1. The molecule has 0 spiro atoms. The van der Waals surface area contributed by atoms with Gasteiger partial charge in [-0.15, -0.1) is 0 Å². The number of pyridine rings is 1. The smallest absolute Gasteiger partial charge is 0.303 e. The van der Waals surface area contributed by atoms with E-state index in [1.807, 2.05) is 6.07 Å². The van der Waals surface area contributed by atoms with Crippen LogP contribution < -0.4 is 10.1 Å². The molecule has 0 aliphatic carbocycles. The molecule has 6 nitrogen and oxygen atoms in total. The Balaban J connectivity index is 2.12. The van der Waals surface area contributed by atoms with E-state index in [0.29, 0.717) is 17.9 Å². The predicted molar refractivity (Wildman–Crippen MR) is 80.1 cm³/mol. The number of nitrogens with one attached hydrogen (secondary N) is 1. The Bertz CT molecular complexity index is 685. The summed E-state index contributed by atoms with van der Waals surface area (Å²) in [6.07, 6.45) is 2.00. The fourth-order valence-corrected chi connectivity index (χ4v) is 1.88. The summed E-state index contributed by atoms with van der Waals surface area (Å²) < 4.78 is 5.69. The van der Waals surface area contributed by atoms with Crippen molar-refractivity contribution in [1.82, 2.24) is 10.3 Å². The van der Waals surface area contributed by atoms with Gasteiger partial charge in [0.1, 0.15) is 17.2 Å². The highest BCUT2D eigenvalue weighted by atomic mass is 16.5. The van der Waals surface area contributed by atoms with Crippen LogP contribution in [0.1, 0.15) is 22.5 Å². The molecular weight excluding hydrogens is 284 g/mol. The zero-order valence-electron chi connectivity index (χ0n) is 12.1. The quantitative estimate of drug-likeness (QED) is 0.854. The Morgan fingerprint density at radius 2 is 2.00 bits per heavy atom. The van der Waals surface area contributed by atoms with Crippen LogP contribution >= 0.6 is 0 Å². The SMILES string of the molecule is CNC(=O)c1cc(Oc2cccc(CCC(=O)O)c2)ccn1. The monoisotopic (exact) mass is 300 g/mol. The first-order chi connectivity index (χ1) is 10.6. The molecular formula is C16H16N2O4. The van der Waals surface area contributed by atoms with Crippen molar-refractivity contribution in [3.63, 3.8) is 0 Å². The van der Waals surface area contributed by atoms with Crippen LogP contribution in [0.3, 0.4) is 0 Å². The van der Waals surface area contributed by atoms with Crippen molar-refractivity contribution in [1.29, 1.82) is 0 Å². The van der Waals surface area contributed by atoms with Crippen LogP contribution in [-0.4, -0.2) is 29.0 Å². The minimum Gasteiger partial charge on any atom is -0.481 e. The maximum Gasteiger partial charge on any atom is 0.303 e. The normalized spacial score (nSPS) is 10.0. The maximum atomic E-state index is 11.5. The van der Waals surface area contributed by atoms with E-state index in [9.17, 15) is 9.59 Å². The largest absolute Gasteiger partial charge is 0.481 e. The number of nitrogens with zero attached hydrogens (tertiary/aromatic N) is 1. The van der Waals surface area contributed by atoms with Crippen LogP contribution in [0.5, 0.6) is 11.5 Å². The zero-order valence-corrected chi connectivity index (χ0v) is 12.1. The van der Waals surface area contributed by atoms with E-state index in [1.165, 1.54) is 13.2 Å². The third-order valence-corrected chi connectivity index (χ3v) is 2.95. The van der Waals surface area contributed by atoms with E-state index in [2.05, 4.69) is 10.3 Å². The van der Waals surface area contributed by atoms with E-state index < -0.39 is 5.97 Å². The fraction of sp³-hybridized carbons (Fsp3) is 0.188. The second kappa shape index (κ2) is 7.21. The lowest BCUT2D eigenvalue weighted by Gasteiger charge is -2.08. The van der Waals surface area contributed by atoms with Gasteiger partial charge in [-0.25, -0.2) is 0 Å². The zero-order chi connectivity index (χ0) is 15.9. The van der Waals surface area contributed by atoms with Gasteiger partial charge < -0.3 is 15.2 Å². The molecule has 0 atom stereocenters. The second-order valence-corrected chi connectivity index (χ2v) is 4.60. The number of aliphatic carboxylic acids is 1. The summed E-state index contributed by atoms with van der Waals surface area (Å²) in [6.45, 7) is 0. The van der Waals surface area contributed by atoms with Gasteiger partial charge in [0.05, 0.1) is 0 Å². The molecule has 0 unspecified atom stereocenters. The molecule has 2 aromatic rings. The molecule has 0 aliphatic rings. The standard InChI is InChI=1S/C16H16N2O4/c1-17-16(21)14-10-13(7-8-18-14)22-12-4-2-3-11(9-12)5-6-15(19)20/h2-4,7-10H,5-6H2,1H3,(H,17,21)(H,19,20). The molecule has 6 heteroatoms. The Morgan fingerprint density at radius 1 is 1.23 bits per heavy atom. The molecule has 0 saturated carbocycles. The molecule has 1 heterocycles. The van der Waals surface area contributed by atoms with Gasteiger partial charge in [0, 0.05) is 25.7 Å². The van der Waals surface area contributed by atoms with Crippen molar-refractivity contribution in [3.05, 3.63) is 53.9 Å².